The number of carboxylic acids is 1. The molecule has 0 spiro atoms. The van der Waals surface area contributed by atoms with Crippen molar-refractivity contribution in [2.24, 2.45) is 0 Å². The molecule has 1 aromatic carbocycles. The molecule has 0 saturated heterocycles. The Hall–Kier alpha value is -1.76. The molecule has 1 aromatic rings. The Balaban J connectivity index is 3.61. The SMILES string of the molecule is CCS(=O)(=O)c1cc(OC)c(OC)c(C(=O)O)c1. The molecule has 7 heteroatoms. The van der Waals surface area contributed by atoms with E-state index in [1.54, 1.807) is 0 Å². The van der Waals surface area contributed by atoms with Crippen LogP contribution in [0.3, 0.4) is 0 Å². The topological polar surface area (TPSA) is 89.9 Å². The van der Waals surface area contributed by atoms with Crippen molar-refractivity contribution in [1.82, 2.24) is 0 Å². The van der Waals surface area contributed by atoms with Crippen molar-refractivity contribution in [3.05, 3.63) is 17.7 Å². The summed E-state index contributed by atoms with van der Waals surface area (Å²) in [6, 6.07) is 2.33. The number of methoxy groups -OCH3 is 2. The number of ether oxygens (including phenoxy) is 2. The first-order valence-corrected chi connectivity index (χ1v) is 6.74. The maximum absolute atomic E-state index is 11.8. The summed E-state index contributed by atoms with van der Waals surface area (Å²) in [5.41, 5.74) is -0.246. The van der Waals surface area contributed by atoms with Gasteiger partial charge < -0.3 is 14.6 Å². The van der Waals surface area contributed by atoms with E-state index < -0.39 is 15.8 Å². The van der Waals surface area contributed by atoms with E-state index in [1.807, 2.05) is 0 Å². The maximum atomic E-state index is 11.8. The summed E-state index contributed by atoms with van der Waals surface area (Å²) >= 11 is 0. The molecule has 0 fully saturated rings. The molecule has 0 aliphatic rings. The lowest BCUT2D eigenvalue weighted by Crippen LogP contribution is -2.09. The van der Waals surface area contributed by atoms with Crippen molar-refractivity contribution >= 4 is 15.8 Å². The number of hydrogen-bond acceptors (Lipinski definition) is 5. The Labute approximate surface area is 105 Å². The van der Waals surface area contributed by atoms with E-state index in [9.17, 15) is 13.2 Å². The first-order chi connectivity index (χ1) is 8.37. The van der Waals surface area contributed by atoms with Crippen LogP contribution in [0.15, 0.2) is 17.0 Å². The van der Waals surface area contributed by atoms with Crippen LogP contribution in [0, 0.1) is 0 Å². The molecule has 1 N–H and O–H groups in total. The Bertz CT molecular complexity index is 561. The molecule has 0 unspecified atom stereocenters. The highest BCUT2D eigenvalue weighted by Crippen LogP contribution is 2.34. The lowest BCUT2D eigenvalue weighted by atomic mass is 10.2. The van der Waals surface area contributed by atoms with E-state index in [0.29, 0.717) is 0 Å². The summed E-state index contributed by atoms with van der Waals surface area (Å²) in [5.74, 6) is -1.33. The van der Waals surface area contributed by atoms with E-state index >= 15 is 0 Å². The van der Waals surface area contributed by atoms with E-state index in [4.69, 9.17) is 14.6 Å². The van der Waals surface area contributed by atoms with Crippen LogP contribution in [0.2, 0.25) is 0 Å². The third kappa shape index (κ3) is 2.56. The summed E-state index contributed by atoms with van der Waals surface area (Å²) in [5, 5.41) is 9.05. The Morgan fingerprint density at radius 3 is 2.28 bits per heavy atom. The zero-order chi connectivity index (χ0) is 13.9. The van der Waals surface area contributed by atoms with Crippen molar-refractivity contribution in [1.29, 1.82) is 0 Å². The Morgan fingerprint density at radius 2 is 1.89 bits per heavy atom. The number of rotatable bonds is 5. The van der Waals surface area contributed by atoms with Crippen LogP contribution in [0.5, 0.6) is 11.5 Å². The summed E-state index contributed by atoms with van der Waals surface area (Å²) in [4.78, 5) is 11.0. The maximum Gasteiger partial charge on any atom is 0.339 e. The number of sulfone groups is 1. The minimum Gasteiger partial charge on any atom is -0.493 e. The van der Waals surface area contributed by atoms with E-state index in [-0.39, 0.29) is 27.7 Å². The lowest BCUT2D eigenvalue weighted by Gasteiger charge is -2.12. The summed E-state index contributed by atoms with van der Waals surface area (Å²) in [7, 11) is -0.909. The van der Waals surface area contributed by atoms with Crippen molar-refractivity contribution in [2.75, 3.05) is 20.0 Å². The Kier molecular flexibility index (Phi) is 4.18. The van der Waals surface area contributed by atoms with Crippen molar-refractivity contribution in [3.8, 4) is 11.5 Å². The molecule has 0 heterocycles. The highest BCUT2D eigenvalue weighted by molar-refractivity contribution is 7.91. The van der Waals surface area contributed by atoms with Crippen LogP contribution in [0.25, 0.3) is 0 Å². The van der Waals surface area contributed by atoms with Crippen LogP contribution in [-0.2, 0) is 9.84 Å². The molecular weight excluding hydrogens is 260 g/mol. The predicted molar refractivity (Wildman–Crippen MR) is 64.2 cm³/mol. The average molecular weight is 274 g/mol. The predicted octanol–water partition coefficient (Wildman–Crippen LogP) is 1.20. The van der Waals surface area contributed by atoms with Gasteiger partial charge in [-0.2, -0.15) is 0 Å². The van der Waals surface area contributed by atoms with Crippen molar-refractivity contribution in [2.45, 2.75) is 11.8 Å². The molecule has 0 atom stereocenters. The molecule has 0 saturated carbocycles. The monoisotopic (exact) mass is 274 g/mol. The fraction of sp³-hybridized carbons (Fsp3) is 0.364. The molecule has 1 rings (SSSR count). The minimum absolute atomic E-state index is 0.0000491. The zero-order valence-corrected chi connectivity index (χ0v) is 11.1. The van der Waals surface area contributed by atoms with Crippen LogP contribution in [-0.4, -0.2) is 39.5 Å². The summed E-state index contributed by atoms with van der Waals surface area (Å²) < 4.78 is 33.4. The van der Waals surface area contributed by atoms with Gasteiger partial charge in [0.25, 0.3) is 0 Å². The fourth-order valence-electron chi connectivity index (χ4n) is 1.44. The molecule has 18 heavy (non-hydrogen) atoms. The molecule has 0 aliphatic carbocycles. The van der Waals surface area contributed by atoms with Gasteiger partial charge in [0.15, 0.2) is 21.3 Å². The molecular formula is C11H14O6S. The van der Waals surface area contributed by atoms with E-state index in [0.717, 1.165) is 6.07 Å². The first kappa shape index (κ1) is 14.3. The number of aromatic carboxylic acids is 1. The minimum atomic E-state index is -3.51. The highest BCUT2D eigenvalue weighted by atomic mass is 32.2. The van der Waals surface area contributed by atoms with Crippen molar-refractivity contribution < 1.29 is 27.8 Å². The average Bonchev–Trinajstić information content (AvgIpc) is 2.36. The number of carboxylic acid groups (broad SMARTS) is 1. The van der Waals surface area contributed by atoms with Gasteiger partial charge in [-0.25, -0.2) is 13.2 Å². The first-order valence-electron chi connectivity index (χ1n) is 5.09. The molecule has 0 amide bonds. The molecule has 6 nitrogen and oxygen atoms in total. The van der Waals surface area contributed by atoms with Crippen LogP contribution >= 0.6 is 0 Å². The van der Waals surface area contributed by atoms with Gasteiger partial charge in [0, 0.05) is 6.07 Å². The van der Waals surface area contributed by atoms with Gasteiger partial charge in [-0.1, -0.05) is 6.92 Å². The van der Waals surface area contributed by atoms with E-state index in [2.05, 4.69) is 0 Å². The van der Waals surface area contributed by atoms with Gasteiger partial charge in [-0.3, -0.25) is 0 Å². The van der Waals surface area contributed by atoms with Crippen LogP contribution in [0.1, 0.15) is 17.3 Å². The summed E-state index contributed by atoms with van der Waals surface area (Å²) in [6.45, 7) is 1.48. The number of carbonyl (C=O) groups is 1. The quantitative estimate of drug-likeness (QED) is 0.867. The molecule has 0 bridgehead atoms. The lowest BCUT2D eigenvalue weighted by molar-refractivity contribution is 0.0692. The highest BCUT2D eigenvalue weighted by Gasteiger charge is 2.22. The van der Waals surface area contributed by atoms with Gasteiger partial charge in [-0.15, -0.1) is 0 Å². The molecule has 0 aliphatic heterocycles. The third-order valence-corrected chi connectivity index (χ3v) is 4.14. The zero-order valence-electron chi connectivity index (χ0n) is 10.3. The van der Waals surface area contributed by atoms with Gasteiger partial charge in [0.2, 0.25) is 0 Å². The number of benzene rings is 1. The third-order valence-electron chi connectivity index (χ3n) is 2.42. The Morgan fingerprint density at radius 1 is 1.28 bits per heavy atom. The number of hydrogen-bond donors (Lipinski definition) is 1. The second kappa shape index (κ2) is 5.26. The fourth-order valence-corrected chi connectivity index (χ4v) is 2.36. The van der Waals surface area contributed by atoms with Gasteiger partial charge in [0.1, 0.15) is 5.56 Å². The smallest absolute Gasteiger partial charge is 0.339 e. The normalized spacial score (nSPS) is 11.1. The van der Waals surface area contributed by atoms with Crippen LogP contribution < -0.4 is 9.47 Å². The largest absolute Gasteiger partial charge is 0.493 e. The van der Waals surface area contributed by atoms with Crippen molar-refractivity contribution in [3.63, 3.8) is 0 Å². The van der Waals surface area contributed by atoms with Crippen LogP contribution in [0.4, 0.5) is 0 Å². The van der Waals surface area contributed by atoms with Gasteiger partial charge in [-0.05, 0) is 6.07 Å². The molecule has 0 radical (unpaired) electrons. The van der Waals surface area contributed by atoms with E-state index in [1.165, 1.54) is 27.2 Å². The molecule has 100 valence electrons. The van der Waals surface area contributed by atoms with Gasteiger partial charge in [0.05, 0.1) is 24.9 Å². The molecule has 0 aromatic heterocycles. The second-order valence-corrected chi connectivity index (χ2v) is 5.69. The van der Waals surface area contributed by atoms with Gasteiger partial charge >= 0.3 is 5.97 Å². The summed E-state index contributed by atoms with van der Waals surface area (Å²) in [6.07, 6.45) is 0. The standard InChI is InChI=1S/C11H14O6S/c1-4-18(14,15)7-5-8(11(12)13)10(17-3)9(6-7)16-2/h5-6H,4H2,1-3H3,(H,12,13). The second-order valence-electron chi connectivity index (χ2n) is 3.41.